The van der Waals surface area contributed by atoms with E-state index in [1.165, 1.54) is 18.3 Å². The number of carbonyl (C=O) groups is 1. The van der Waals surface area contributed by atoms with Gasteiger partial charge in [0, 0.05) is 5.56 Å². The Morgan fingerprint density at radius 2 is 1.94 bits per heavy atom. The molecule has 3 atom stereocenters. The van der Waals surface area contributed by atoms with E-state index in [0.29, 0.717) is 26.6 Å². The van der Waals surface area contributed by atoms with Gasteiger partial charge in [0.15, 0.2) is 16.3 Å². The molecular formula is C24H22N2O5S. The molecule has 0 radical (unpaired) electrons. The summed E-state index contributed by atoms with van der Waals surface area (Å²) in [5.41, 5.74) is 0.369. The van der Waals surface area contributed by atoms with Gasteiger partial charge in [-0.05, 0) is 43.7 Å². The monoisotopic (exact) mass is 450 g/mol. The fourth-order valence-corrected chi connectivity index (χ4v) is 5.75. The first kappa shape index (κ1) is 20.5. The van der Waals surface area contributed by atoms with E-state index in [4.69, 9.17) is 19.2 Å². The summed E-state index contributed by atoms with van der Waals surface area (Å²) < 4.78 is 19.0. The molecule has 0 saturated heterocycles. The third kappa shape index (κ3) is 2.97. The van der Waals surface area contributed by atoms with Gasteiger partial charge in [0.05, 0.1) is 24.8 Å². The zero-order valence-corrected chi connectivity index (χ0v) is 18.9. The molecular weight excluding hydrogens is 428 g/mol. The summed E-state index contributed by atoms with van der Waals surface area (Å²) in [6, 6.07) is 12.5. The van der Waals surface area contributed by atoms with Crippen molar-refractivity contribution in [2.45, 2.75) is 25.6 Å². The first-order valence-electron chi connectivity index (χ1n) is 10.2. The highest BCUT2D eigenvalue weighted by Gasteiger charge is 2.53. The molecule has 32 heavy (non-hydrogen) atoms. The van der Waals surface area contributed by atoms with Crippen molar-refractivity contribution >= 4 is 23.2 Å². The van der Waals surface area contributed by atoms with Gasteiger partial charge in [0.25, 0.3) is 5.56 Å². The Balaban J connectivity index is 1.75. The van der Waals surface area contributed by atoms with Crippen LogP contribution in [0.25, 0.3) is 6.08 Å². The molecule has 0 spiro atoms. The van der Waals surface area contributed by atoms with Crippen LogP contribution in [0.4, 0.5) is 0 Å². The number of hydrogen-bond donors (Lipinski definition) is 0. The SMILES string of the molecule is COc1ccc(/C=c2\sc3n(c2=O)[C@H]2c4ccccc4O[C@@](C)(N=3)[C@H]2C(C)=O)cc1OC. The third-order valence-corrected chi connectivity index (χ3v) is 7.01. The fraction of sp³-hybridized carbons (Fsp3) is 0.292. The van der Waals surface area contributed by atoms with Crippen molar-refractivity contribution in [2.75, 3.05) is 14.2 Å². The molecule has 5 rings (SSSR count). The number of Topliss-reactive ketones (excluding diaryl/α,β-unsaturated/α-hetero) is 1. The Labute approximate surface area is 188 Å². The zero-order valence-electron chi connectivity index (χ0n) is 18.1. The lowest BCUT2D eigenvalue weighted by Crippen LogP contribution is -2.58. The number of ketones is 1. The molecule has 3 aromatic rings. The van der Waals surface area contributed by atoms with Gasteiger partial charge in [-0.3, -0.25) is 14.2 Å². The van der Waals surface area contributed by atoms with Crippen molar-refractivity contribution in [3.05, 3.63) is 73.3 Å². The third-order valence-electron chi connectivity index (χ3n) is 6.02. The Morgan fingerprint density at radius 3 is 2.66 bits per heavy atom. The standard InChI is InChI=1S/C24H22N2O5S/c1-13(27)20-21-15-7-5-6-8-16(15)31-24(20,2)25-23-26(21)22(28)19(32-23)12-14-9-10-17(29-3)18(11-14)30-4/h5-12,20-21H,1-4H3/b19-12-/t20-,21-,24+/m0/s1. The summed E-state index contributed by atoms with van der Waals surface area (Å²) in [5, 5.41) is 0. The largest absolute Gasteiger partial charge is 0.493 e. The van der Waals surface area contributed by atoms with Gasteiger partial charge in [-0.2, -0.15) is 0 Å². The lowest BCUT2D eigenvalue weighted by molar-refractivity contribution is -0.132. The van der Waals surface area contributed by atoms with Crippen molar-refractivity contribution < 1.29 is 19.0 Å². The Hall–Kier alpha value is -3.39. The van der Waals surface area contributed by atoms with Crippen LogP contribution < -0.4 is 29.1 Å². The summed E-state index contributed by atoms with van der Waals surface area (Å²) in [6.45, 7) is 3.34. The lowest BCUT2D eigenvalue weighted by atomic mass is 9.79. The molecule has 0 fully saturated rings. The van der Waals surface area contributed by atoms with Crippen LogP contribution in [-0.2, 0) is 4.79 Å². The van der Waals surface area contributed by atoms with Gasteiger partial charge in [0.1, 0.15) is 17.5 Å². The van der Waals surface area contributed by atoms with Crippen molar-refractivity contribution in [3.63, 3.8) is 0 Å². The predicted octanol–water partition coefficient (Wildman–Crippen LogP) is 2.29. The fourth-order valence-electron chi connectivity index (χ4n) is 4.65. The van der Waals surface area contributed by atoms with Gasteiger partial charge in [0.2, 0.25) is 5.72 Å². The second kappa shape index (κ2) is 7.34. The van der Waals surface area contributed by atoms with Gasteiger partial charge in [-0.1, -0.05) is 35.6 Å². The molecule has 7 nitrogen and oxygen atoms in total. The second-order valence-electron chi connectivity index (χ2n) is 8.02. The number of thiazole rings is 1. The van der Waals surface area contributed by atoms with Gasteiger partial charge in [-0.25, -0.2) is 4.99 Å². The maximum atomic E-state index is 13.6. The van der Waals surface area contributed by atoms with Crippen molar-refractivity contribution in [1.29, 1.82) is 0 Å². The van der Waals surface area contributed by atoms with E-state index < -0.39 is 17.7 Å². The molecule has 0 saturated carbocycles. The number of ether oxygens (including phenoxy) is 3. The topological polar surface area (TPSA) is 79.1 Å². The average molecular weight is 451 g/mol. The lowest BCUT2D eigenvalue weighted by Gasteiger charge is -2.45. The van der Waals surface area contributed by atoms with E-state index in [1.54, 1.807) is 30.9 Å². The van der Waals surface area contributed by atoms with E-state index in [-0.39, 0.29) is 11.3 Å². The molecule has 8 heteroatoms. The van der Waals surface area contributed by atoms with Crippen molar-refractivity contribution in [3.8, 4) is 17.2 Å². The van der Waals surface area contributed by atoms with E-state index >= 15 is 0 Å². The molecule has 0 N–H and O–H groups in total. The van der Waals surface area contributed by atoms with Crippen LogP contribution in [0.5, 0.6) is 17.2 Å². The number of hydrogen-bond acceptors (Lipinski definition) is 7. The van der Waals surface area contributed by atoms with Crippen LogP contribution in [0.2, 0.25) is 0 Å². The summed E-state index contributed by atoms with van der Waals surface area (Å²) in [6.07, 6.45) is 1.80. The number of methoxy groups -OCH3 is 2. The molecule has 2 aromatic carbocycles. The van der Waals surface area contributed by atoms with Gasteiger partial charge < -0.3 is 14.2 Å². The molecule has 164 valence electrons. The summed E-state index contributed by atoms with van der Waals surface area (Å²) in [4.78, 5) is 31.5. The summed E-state index contributed by atoms with van der Waals surface area (Å²) >= 11 is 1.29. The molecule has 0 unspecified atom stereocenters. The Morgan fingerprint density at radius 1 is 1.19 bits per heavy atom. The van der Waals surface area contributed by atoms with Gasteiger partial charge in [-0.15, -0.1) is 0 Å². The van der Waals surface area contributed by atoms with Crippen LogP contribution >= 0.6 is 11.3 Å². The van der Waals surface area contributed by atoms with Crippen LogP contribution in [-0.4, -0.2) is 30.3 Å². The molecule has 0 aliphatic carbocycles. The van der Waals surface area contributed by atoms with Crippen LogP contribution in [0.1, 0.15) is 31.0 Å². The quantitative estimate of drug-likeness (QED) is 0.610. The molecule has 2 aliphatic heterocycles. The number of benzene rings is 2. The van der Waals surface area contributed by atoms with E-state index in [0.717, 1.165) is 11.1 Å². The average Bonchev–Trinajstić information content (AvgIpc) is 3.06. The number of para-hydroxylation sites is 1. The minimum Gasteiger partial charge on any atom is -0.493 e. The number of rotatable bonds is 4. The first-order chi connectivity index (χ1) is 15.4. The van der Waals surface area contributed by atoms with E-state index in [1.807, 2.05) is 43.3 Å². The Kier molecular flexibility index (Phi) is 4.70. The van der Waals surface area contributed by atoms with Gasteiger partial charge >= 0.3 is 0 Å². The highest BCUT2D eigenvalue weighted by Crippen LogP contribution is 2.47. The highest BCUT2D eigenvalue weighted by atomic mass is 32.1. The smallest absolute Gasteiger partial charge is 0.270 e. The number of fused-ring (bicyclic) bond motifs is 6. The first-order valence-corrected chi connectivity index (χ1v) is 11.0. The maximum absolute atomic E-state index is 13.6. The summed E-state index contributed by atoms with van der Waals surface area (Å²) in [7, 11) is 3.14. The maximum Gasteiger partial charge on any atom is 0.270 e. The molecule has 0 amide bonds. The molecule has 3 heterocycles. The predicted molar refractivity (Wildman–Crippen MR) is 120 cm³/mol. The summed E-state index contributed by atoms with van der Waals surface area (Å²) in [5.74, 6) is 1.18. The highest BCUT2D eigenvalue weighted by molar-refractivity contribution is 7.07. The van der Waals surface area contributed by atoms with E-state index in [2.05, 4.69) is 0 Å². The Bertz CT molecular complexity index is 1420. The number of aromatic nitrogens is 1. The molecule has 2 aliphatic rings. The number of carbonyl (C=O) groups excluding carboxylic acids is 1. The van der Waals surface area contributed by atoms with Crippen LogP contribution in [0, 0.1) is 5.92 Å². The van der Waals surface area contributed by atoms with Crippen molar-refractivity contribution in [2.24, 2.45) is 10.9 Å². The number of nitrogens with zero attached hydrogens (tertiary/aromatic N) is 2. The molecule has 2 bridgehead atoms. The van der Waals surface area contributed by atoms with Crippen LogP contribution in [0.3, 0.4) is 0 Å². The van der Waals surface area contributed by atoms with Crippen LogP contribution in [0.15, 0.2) is 52.3 Å². The molecule has 1 aromatic heterocycles. The normalized spacial score (nSPS) is 23.4. The zero-order chi connectivity index (χ0) is 22.6. The second-order valence-corrected chi connectivity index (χ2v) is 9.03. The van der Waals surface area contributed by atoms with Crippen molar-refractivity contribution in [1.82, 2.24) is 4.57 Å². The minimum absolute atomic E-state index is 0.0649. The minimum atomic E-state index is -1.07. The van der Waals surface area contributed by atoms with E-state index in [9.17, 15) is 9.59 Å².